The van der Waals surface area contributed by atoms with Crippen molar-refractivity contribution in [2.24, 2.45) is 0 Å². The maximum atomic E-state index is 10.8. The molecule has 0 saturated heterocycles. The molecule has 8 heteroatoms. The molecule has 0 rings (SSSR count). The first-order valence-electron chi connectivity index (χ1n) is 2.40. The van der Waals surface area contributed by atoms with Gasteiger partial charge in [0.05, 0.1) is 0 Å². The summed E-state index contributed by atoms with van der Waals surface area (Å²) >= 11 is 0. The van der Waals surface area contributed by atoms with Crippen molar-refractivity contribution in [1.82, 2.24) is 0 Å². The van der Waals surface area contributed by atoms with Crippen LogP contribution in [0.2, 0.25) is 6.04 Å². The van der Waals surface area contributed by atoms with Crippen LogP contribution in [0.3, 0.4) is 0 Å². The molecule has 0 unspecified atom stereocenters. The molecule has 3 nitrogen and oxygen atoms in total. The Hall–Kier alpha value is -0.0482. The van der Waals surface area contributed by atoms with Crippen LogP contribution in [-0.4, -0.2) is 38.8 Å². The highest BCUT2D eigenvalue weighted by molar-refractivity contribution is 6.30. The van der Waals surface area contributed by atoms with E-state index in [9.17, 15) is 13.2 Å². The van der Waals surface area contributed by atoms with Crippen LogP contribution in [0.15, 0.2) is 0 Å². The summed E-state index contributed by atoms with van der Waals surface area (Å²) in [7, 11) is -1.94. The van der Waals surface area contributed by atoms with Gasteiger partial charge >= 0.3 is 13.5 Å². The topological polar surface area (TPSA) is 60.7 Å². The van der Waals surface area contributed by atoms with Crippen LogP contribution in [0.4, 0.5) is 13.2 Å². The van der Waals surface area contributed by atoms with Gasteiger partial charge < -0.3 is 15.1 Å². The van der Waals surface area contributed by atoms with Crippen LogP contribution >= 0.6 is 0 Å². The van der Waals surface area contributed by atoms with Gasteiger partial charge in [0.1, 0.15) is 0 Å². The molecule has 62 valence electrons. The summed E-state index contributed by atoms with van der Waals surface area (Å²) in [4.78, 5) is 0. The summed E-state index contributed by atoms with van der Waals surface area (Å²) < 4.78 is 32.5. The summed E-state index contributed by atoms with van der Waals surface area (Å²) in [6.07, 6.45) is -3.90. The fourth-order valence-corrected chi connectivity index (χ4v) is 0. The van der Waals surface area contributed by atoms with Gasteiger partial charge in [-0.3, -0.25) is 0 Å². The van der Waals surface area contributed by atoms with E-state index in [1.165, 1.54) is 0 Å². The molecule has 0 aliphatic rings. The monoisotopic (exact) mass is 176 g/mol. The SMILES string of the molecule is FC(F)(F)C[SiH3].OB(O)O. The van der Waals surface area contributed by atoms with Gasteiger partial charge in [-0.25, -0.2) is 0 Å². The average Bonchev–Trinajstić information content (AvgIpc) is 1.63. The Labute approximate surface area is 59.1 Å². The molecule has 0 atom stereocenters. The molecular formula is C2H8BF3O3Si. The molecule has 3 N–H and O–H groups in total. The second kappa shape index (κ2) is 5.72. The Balaban J connectivity index is 0. The zero-order valence-corrected chi connectivity index (χ0v) is 7.26. The van der Waals surface area contributed by atoms with Crippen molar-refractivity contribution in [3.8, 4) is 0 Å². The molecule has 0 aromatic rings. The van der Waals surface area contributed by atoms with Crippen LogP contribution in [0, 0.1) is 0 Å². The molecule has 0 bridgehead atoms. The van der Waals surface area contributed by atoms with Crippen LogP contribution in [0.5, 0.6) is 0 Å². The maximum Gasteiger partial charge on any atom is 0.631 e. The molecule has 0 spiro atoms. The van der Waals surface area contributed by atoms with Gasteiger partial charge in [0.25, 0.3) is 0 Å². The van der Waals surface area contributed by atoms with Crippen molar-refractivity contribution < 1.29 is 28.2 Å². The molecule has 10 heavy (non-hydrogen) atoms. The minimum absolute atomic E-state index is 0.223. The second-order valence-electron chi connectivity index (χ2n) is 1.32. The van der Waals surface area contributed by atoms with E-state index in [2.05, 4.69) is 0 Å². The first kappa shape index (κ1) is 12.6. The van der Waals surface area contributed by atoms with Crippen molar-refractivity contribution in [2.75, 3.05) is 0 Å². The van der Waals surface area contributed by atoms with Gasteiger partial charge in [0.15, 0.2) is 0 Å². The highest BCUT2D eigenvalue weighted by Crippen LogP contribution is 2.16. The highest BCUT2D eigenvalue weighted by Gasteiger charge is 2.22. The molecule has 0 fully saturated rings. The van der Waals surface area contributed by atoms with E-state index in [4.69, 9.17) is 15.1 Å². The molecule has 0 aliphatic heterocycles. The summed E-state index contributed by atoms with van der Waals surface area (Å²) in [5.41, 5.74) is 0. The van der Waals surface area contributed by atoms with Crippen LogP contribution in [0.1, 0.15) is 0 Å². The van der Waals surface area contributed by atoms with Crippen molar-refractivity contribution in [2.45, 2.75) is 12.2 Å². The smallest absolute Gasteiger partial charge is 0.402 e. The molecule has 0 aromatic heterocycles. The number of hydrogen-bond acceptors (Lipinski definition) is 3. The van der Waals surface area contributed by atoms with Gasteiger partial charge in [0, 0.05) is 16.3 Å². The molecule has 0 radical (unpaired) electrons. The van der Waals surface area contributed by atoms with E-state index in [0.717, 1.165) is 0 Å². The van der Waals surface area contributed by atoms with Crippen LogP contribution in [0.25, 0.3) is 0 Å². The molecule has 0 aromatic carbocycles. The van der Waals surface area contributed by atoms with Gasteiger partial charge in [0.2, 0.25) is 0 Å². The van der Waals surface area contributed by atoms with Crippen molar-refractivity contribution in [1.29, 1.82) is 0 Å². The minimum atomic E-state index is -3.90. The Morgan fingerprint density at radius 1 is 1.20 bits per heavy atom. The summed E-state index contributed by atoms with van der Waals surface area (Å²) in [6, 6.07) is -0.590. The lowest BCUT2D eigenvalue weighted by molar-refractivity contribution is -0.109. The Kier molecular flexibility index (Phi) is 7.21. The number of alkyl halides is 3. The zero-order valence-electron chi connectivity index (χ0n) is 5.26. The van der Waals surface area contributed by atoms with E-state index in [0.29, 0.717) is 0 Å². The normalized spacial score (nSPS) is 10.2. The standard InChI is InChI=1S/C2H5F3Si.BH3O3/c3-2(4,5)1-6;2-1(3)4/h1H2,6H3;2-4H. The van der Waals surface area contributed by atoms with Gasteiger partial charge in [-0.1, -0.05) is 0 Å². The van der Waals surface area contributed by atoms with E-state index < -0.39 is 19.5 Å². The number of rotatable bonds is 0. The summed E-state index contributed by atoms with van der Waals surface area (Å²) in [6.45, 7) is 0. The first-order chi connectivity index (χ1) is 4.29. The lowest BCUT2D eigenvalue weighted by Gasteiger charge is -1.96. The number of halogens is 3. The van der Waals surface area contributed by atoms with Gasteiger partial charge in [-0.2, -0.15) is 13.2 Å². The summed E-state index contributed by atoms with van der Waals surface area (Å²) in [5, 5.41) is 21.5. The van der Waals surface area contributed by atoms with E-state index in [1.54, 1.807) is 0 Å². The van der Waals surface area contributed by atoms with Crippen LogP contribution in [-0.2, 0) is 0 Å². The van der Waals surface area contributed by atoms with Gasteiger partial charge in [-0.15, -0.1) is 0 Å². The van der Waals surface area contributed by atoms with Gasteiger partial charge in [-0.05, 0) is 0 Å². The maximum absolute atomic E-state index is 10.8. The van der Waals surface area contributed by atoms with E-state index in [1.807, 2.05) is 0 Å². The fourth-order valence-electron chi connectivity index (χ4n) is 0. The Morgan fingerprint density at radius 2 is 1.30 bits per heavy atom. The zero-order chi connectivity index (χ0) is 8.78. The Morgan fingerprint density at radius 3 is 1.30 bits per heavy atom. The molecule has 0 aliphatic carbocycles. The third-order valence-electron chi connectivity index (χ3n) is 0.401. The molecule has 0 amide bonds. The molecular weight excluding hydrogens is 168 g/mol. The molecule has 0 saturated carbocycles. The lowest BCUT2D eigenvalue weighted by atomic mass is 10.3. The highest BCUT2D eigenvalue weighted by atomic mass is 28.1. The minimum Gasteiger partial charge on any atom is -0.402 e. The largest absolute Gasteiger partial charge is 0.631 e. The quantitative estimate of drug-likeness (QED) is 0.385. The van der Waals surface area contributed by atoms with Crippen molar-refractivity contribution >= 4 is 17.6 Å². The first-order valence-corrected chi connectivity index (χ1v) is 3.82. The predicted octanol–water partition coefficient (Wildman–Crippen LogP) is -1.72. The third-order valence-corrected chi connectivity index (χ3v) is 1.20. The summed E-state index contributed by atoms with van der Waals surface area (Å²) in [5.74, 6) is 0. The predicted molar refractivity (Wildman–Crippen MR) is 33.2 cm³/mol. The van der Waals surface area contributed by atoms with Crippen molar-refractivity contribution in [3.63, 3.8) is 0 Å². The van der Waals surface area contributed by atoms with E-state index >= 15 is 0 Å². The third kappa shape index (κ3) is 44.1. The Bertz CT molecular complexity index is 73.9. The number of hydrogen-bond donors (Lipinski definition) is 3. The van der Waals surface area contributed by atoms with E-state index in [-0.39, 0.29) is 10.2 Å². The van der Waals surface area contributed by atoms with Crippen molar-refractivity contribution in [3.05, 3.63) is 0 Å². The van der Waals surface area contributed by atoms with Crippen LogP contribution < -0.4 is 0 Å². The fraction of sp³-hybridized carbons (Fsp3) is 1.00. The lowest BCUT2D eigenvalue weighted by Crippen LogP contribution is -2.07. The second-order valence-corrected chi connectivity index (χ2v) is 2.02. The average molecular weight is 176 g/mol. The molecule has 0 heterocycles.